The van der Waals surface area contributed by atoms with Crippen LogP contribution in [-0.2, 0) is 25.5 Å². The van der Waals surface area contributed by atoms with Gasteiger partial charge in [-0.05, 0) is 28.8 Å². The van der Waals surface area contributed by atoms with Gasteiger partial charge in [0.15, 0.2) is 0 Å². The second kappa shape index (κ2) is 9.71. The van der Waals surface area contributed by atoms with E-state index in [4.69, 9.17) is 19.3 Å². The van der Waals surface area contributed by atoms with E-state index in [2.05, 4.69) is 5.32 Å². The van der Waals surface area contributed by atoms with Crippen LogP contribution in [0.2, 0.25) is 0 Å². The molecule has 0 aliphatic carbocycles. The molecule has 32 heavy (non-hydrogen) atoms. The number of hydrogen-bond acceptors (Lipinski definition) is 6. The highest BCUT2D eigenvalue weighted by Gasteiger charge is 2.42. The first-order valence-electron chi connectivity index (χ1n) is 11.0. The van der Waals surface area contributed by atoms with Crippen LogP contribution in [0.15, 0.2) is 42.5 Å². The number of methoxy groups -OCH3 is 1. The average Bonchev–Trinajstić information content (AvgIpc) is 2.79. The van der Waals surface area contributed by atoms with Crippen molar-refractivity contribution in [1.29, 1.82) is 0 Å². The van der Waals surface area contributed by atoms with Crippen molar-refractivity contribution in [3.8, 4) is 16.9 Å². The number of carbonyl (C=O) groups is 2. The standard InChI is InChI=1S/C25H29NO6/c1-30-24(29)14-17-3-2-4-18(13-17)19-5-6-22-20(15-19)21(26-23(28)7-10-27)16-25(32-22)8-11-31-12-9-25/h2-6,13,15,21,27H,7-12,14,16H2,1H3,(H,26,28). The van der Waals surface area contributed by atoms with Crippen molar-refractivity contribution < 1.29 is 28.9 Å². The number of aliphatic hydroxyl groups excluding tert-OH is 1. The third-order valence-electron chi connectivity index (χ3n) is 6.20. The maximum absolute atomic E-state index is 12.3. The highest BCUT2D eigenvalue weighted by molar-refractivity contribution is 5.77. The Morgan fingerprint density at radius 3 is 2.69 bits per heavy atom. The molecule has 4 rings (SSSR count). The van der Waals surface area contributed by atoms with Gasteiger partial charge in [0.2, 0.25) is 5.91 Å². The fraction of sp³-hybridized carbons (Fsp3) is 0.440. The van der Waals surface area contributed by atoms with E-state index in [1.165, 1.54) is 7.11 Å². The Morgan fingerprint density at radius 2 is 1.94 bits per heavy atom. The topological polar surface area (TPSA) is 94.1 Å². The van der Waals surface area contributed by atoms with Crippen LogP contribution in [0.4, 0.5) is 0 Å². The molecule has 1 fully saturated rings. The summed E-state index contributed by atoms with van der Waals surface area (Å²) in [6.45, 7) is 1.09. The first kappa shape index (κ1) is 22.3. The normalized spacial score (nSPS) is 19.0. The molecule has 0 aromatic heterocycles. The predicted octanol–water partition coefficient (Wildman–Crippen LogP) is 2.94. The molecule has 2 aromatic rings. The quantitative estimate of drug-likeness (QED) is 0.672. The van der Waals surface area contributed by atoms with Crippen molar-refractivity contribution in [3.05, 3.63) is 53.6 Å². The van der Waals surface area contributed by atoms with Gasteiger partial charge in [-0.3, -0.25) is 9.59 Å². The van der Waals surface area contributed by atoms with Gasteiger partial charge in [0.05, 0.1) is 39.4 Å². The largest absolute Gasteiger partial charge is 0.487 e. The summed E-state index contributed by atoms with van der Waals surface area (Å²) in [5, 5.41) is 12.3. The highest BCUT2D eigenvalue weighted by atomic mass is 16.5. The molecule has 2 N–H and O–H groups in total. The summed E-state index contributed by atoms with van der Waals surface area (Å²) < 4.78 is 16.8. The van der Waals surface area contributed by atoms with Crippen LogP contribution in [0, 0.1) is 0 Å². The van der Waals surface area contributed by atoms with Crippen molar-refractivity contribution in [2.24, 2.45) is 0 Å². The van der Waals surface area contributed by atoms with E-state index in [1.54, 1.807) is 0 Å². The van der Waals surface area contributed by atoms with E-state index < -0.39 is 0 Å². The highest BCUT2D eigenvalue weighted by Crippen LogP contribution is 2.45. The minimum Gasteiger partial charge on any atom is -0.487 e. The number of benzene rings is 2. The Hall–Kier alpha value is -2.90. The van der Waals surface area contributed by atoms with E-state index in [1.807, 2.05) is 42.5 Å². The number of hydrogen-bond donors (Lipinski definition) is 2. The van der Waals surface area contributed by atoms with E-state index in [0.29, 0.717) is 19.6 Å². The molecule has 7 nitrogen and oxygen atoms in total. The number of amides is 1. The minimum atomic E-state index is -0.357. The number of ether oxygens (including phenoxy) is 3. The summed E-state index contributed by atoms with van der Waals surface area (Å²) in [5.41, 5.74) is 3.38. The van der Waals surface area contributed by atoms with E-state index in [9.17, 15) is 9.59 Å². The lowest BCUT2D eigenvalue weighted by Crippen LogP contribution is -2.48. The average molecular weight is 440 g/mol. The third kappa shape index (κ3) is 4.95. The Bertz CT molecular complexity index is 982. The minimum absolute atomic E-state index is 0.0675. The lowest BCUT2D eigenvalue weighted by atomic mass is 9.81. The Morgan fingerprint density at radius 1 is 1.16 bits per heavy atom. The van der Waals surface area contributed by atoms with Crippen molar-refractivity contribution >= 4 is 11.9 Å². The first-order valence-corrected chi connectivity index (χ1v) is 11.0. The first-order chi connectivity index (χ1) is 15.5. The van der Waals surface area contributed by atoms with Gasteiger partial charge >= 0.3 is 5.97 Å². The number of aliphatic hydroxyl groups is 1. The molecule has 170 valence electrons. The van der Waals surface area contributed by atoms with Crippen molar-refractivity contribution in [2.75, 3.05) is 26.9 Å². The van der Waals surface area contributed by atoms with Crippen LogP contribution in [0.5, 0.6) is 5.75 Å². The van der Waals surface area contributed by atoms with Crippen LogP contribution in [-0.4, -0.2) is 49.5 Å². The number of carbonyl (C=O) groups excluding carboxylic acids is 2. The predicted molar refractivity (Wildman–Crippen MR) is 118 cm³/mol. The zero-order valence-corrected chi connectivity index (χ0v) is 18.3. The monoisotopic (exact) mass is 439 g/mol. The summed E-state index contributed by atoms with van der Waals surface area (Å²) in [4.78, 5) is 24.0. The fourth-order valence-electron chi connectivity index (χ4n) is 4.50. The third-order valence-corrected chi connectivity index (χ3v) is 6.20. The zero-order chi connectivity index (χ0) is 22.6. The molecule has 1 unspecified atom stereocenters. The van der Waals surface area contributed by atoms with Crippen LogP contribution in [0.3, 0.4) is 0 Å². The lowest BCUT2D eigenvalue weighted by Gasteiger charge is -2.44. The smallest absolute Gasteiger partial charge is 0.309 e. The number of fused-ring (bicyclic) bond motifs is 1. The summed E-state index contributed by atoms with van der Waals surface area (Å²) in [5.74, 6) is 0.300. The number of esters is 1. The van der Waals surface area contributed by atoms with Gasteiger partial charge in [0.25, 0.3) is 0 Å². The lowest BCUT2D eigenvalue weighted by molar-refractivity contribution is -0.139. The molecule has 2 aliphatic heterocycles. The molecular formula is C25H29NO6. The summed E-state index contributed by atoms with van der Waals surface area (Å²) in [6.07, 6.45) is 2.49. The zero-order valence-electron chi connectivity index (χ0n) is 18.3. The van der Waals surface area contributed by atoms with Gasteiger partial charge in [-0.15, -0.1) is 0 Å². The van der Waals surface area contributed by atoms with E-state index in [0.717, 1.165) is 40.8 Å². The molecule has 2 aromatic carbocycles. The van der Waals surface area contributed by atoms with Gasteiger partial charge in [-0.25, -0.2) is 0 Å². The Kier molecular flexibility index (Phi) is 6.77. The maximum atomic E-state index is 12.3. The SMILES string of the molecule is COC(=O)Cc1cccc(-c2ccc3c(c2)C(NC(=O)CCO)CC2(CCOCC2)O3)c1. The Balaban J connectivity index is 1.66. The molecule has 1 atom stereocenters. The van der Waals surface area contributed by atoms with Crippen LogP contribution < -0.4 is 10.1 Å². The molecule has 0 bridgehead atoms. The molecule has 1 saturated heterocycles. The van der Waals surface area contributed by atoms with Crippen molar-refractivity contribution in [1.82, 2.24) is 5.32 Å². The molecule has 1 amide bonds. The Labute approximate surface area is 187 Å². The van der Waals surface area contributed by atoms with Gasteiger partial charge in [0.1, 0.15) is 11.4 Å². The van der Waals surface area contributed by atoms with Crippen LogP contribution in [0.1, 0.15) is 42.9 Å². The molecule has 0 radical (unpaired) electrons. The molecule has 2 heterocycles. The summed E-state index contributed by atoms with van der Waals surface area (Å²) in [6, 6.07) is 13.6. The van der Waals surface area contributed by atoms with E-state index in [-0.39, 0.29) is 43.0 Å². The van der Waals surface area contributed by atoms with Crippen molar-refractivity contribution in [2.45, 2.75) is 43.7 Å². The van der Waals surface area contributed by atoms with Gasteiger partial charge in [0, 0.05) is 31.2 Å². The second-order valence-corrected chi connectivity index (χ2v) is 8.40. The fourth-order valence-corrected chi connectivity index (χ4v) is 4.50. The van der Waals surface area contributed by atoms with Crippen molar-refractivity contribution in [3.63, 3.8) is 0 Å². The molecule has 7 heteroatoms. The van der Waals surface area contributed by atoms with Crippen LogP contribution in [0.25, 0.3) is 11.1 Å². The summed E-state index contributed by atoms with van der Waals surface area (Å²) in [7, 11) is 1.38. The second-order valence-electron chi connectivity index (χ2n) is 8.40. The molecule has 0 saturated carbocycles. The molecule has 2 aliphatic rings. The molecular weight excluding hydrogens is 410 g/mol. The van der Waals surface area contributed by atoms with Gasteiger partial charge in [-0.1, -0.05) is 30.3 Å². The summed E-state index contributed by atoms with van der Waals surface area (Å²) >= 11 is 0. The maximum Gasteiger partial charge on any atom is 0.309 e. The van der Waals surface area contributed by atoms with Crippen LogP contribution >= 0.6 is 0 Å². The number of rotatable bonds is 6. The van der Waals surface area contributed by atoms with E-state index >= 15 is 0 Å². The molecule has 1 spiro atoms. The van der Waals surface area contributed by atoms with Gasteiger partial charge < -0.3 is 24.6 Å². The van der Waals surface area contributed by atoms with Gasteiger partial charge in [-0.2, -0.15) is 0 Å². The number of nitrogens with one attached hydrogen (secondary N) is 1.